The van der Waals surface area contributed by atoms with Crippen LogP contribution in [0.1, 0.15) is 30.5 Å². The largest absolute Gasteiger partial charge is 0.496 e. The average molecular weight is 409 g/mol. The molecule has 0 aliphatic carbocycles. The van der Waals surface area contributed by atoms with Gasteiger partial charge in [-0.15, -0.1) is 0 Å². The molecule has 2 aliphatic rings. The van der Waals surface area contributed by atoms with Crippen LogP contribution in [0.25, 0.3) is 0 Å². The summed E-state index contributed by atoms with van der Waals surface area (Å²) in [5.41, 5.74) is 1.47. The van der Waals surface area contributed by atoms with Crippen LogP contribution in [0.3, 0.4) is 0 Å². The molecule has 0 N–H and O–H groups in total. The van der Waals surface area contributed by atoms with Gasteiger partial charge < -0.3 is 14.2 Å². The maximum absolute atomic E-state index is 12.6. The Kier molecular flexibility index (Phi) is 5.52. The van der Waals surface area contributed by atoms with Crippen molar-refractivity contribution in [1.29, 1.82) is 0 Å². The van der Waals surface area contributed by atoms with Gasteiger partial charge in [0.2, 0.25) is 0 Å². The highest BCUT2D eigenvalue weighted by atomic mass is 16.6. The Balaban J connectivity index is 1.74. The smallest absolute Gasteiger partial charge is 0.321 e. The predicted molar refractivity (Wildman–Crippen MR) is 111 cm³/mol. The van der Waals surface area contributed by atoms with Gasteiger partial charge in [-0.3, -0.25) is 14.5 Å². The Morgan fingerprint density at radius 3 is 2.53 bits per heavy atom. The van der Waals surface area contributed by atoms with E-state index in [1.54, 1.807) is 7.11 Å². The van der Waals surface area contributed by atoms with Gasteiger partial charge in [0.25, 0.3) is 0 Å². The van der Waals surface area contributed by atoms with E-state index in [1.165, 1.54) is 12.7 Å². The highest BCUT2D eigenvalue weighted by Gasteiger charge is 2.60. The molecule has 2 heterocycles. The van der Waals surface area contributed by atoms with Crippen molar-refractivity contribution in [2.75, 3.05) is 20.8 Å². The highest BCUT2D eigenvalue weighted by molar-refractivity contribution is 5.97. The number of methoxy groups -OCH3 is 2. The number of esters is 2. The van der Waals surface area contributed by atoms with Crippen LogP contribution in [0.2, 0.25) is 0 Å². The Bertz CT molecular complexity index is 930. The van der Waals surface area contributed by atoms with Crippen molar-refractivity contribution in [3.05, 3.63) is 65.7 Å². The van der Waals surface area contributed by atoms with E-state index in [0.29, 0.717) is 19.5 Å². The molecule has 2 saturated heterocycles. The van der Waals surface area contributed by atoms with E-state index in [4.69, 9.17) is 14.2 Å². The lowest BCUT2D eigenvalue weighted by Gasteiger charge is -2.46. The quantitative estimate of drug-likeness (QED) is 0.557. The summed E-state index contributed by atoms with van der Waals surface area (Å²) in [5, 5.41) is 0. The highest BCUT2D eigenvalue weighted by Crippen LogP contribution is 2.50. The molecule has 2 aliphatic heterocycles. The number of rotatable bonds is 5. The van der Waals surface area contributed by atoms with Gasteiger partial charge in [0.1, 0.15) is 11.4 Å². The number of piperidine rings is 1. The van der Waals surface area contributed by atoms with Crippen molar-refractivity contribution in [2.24, 2.45) is 11.8 Å². The minimum Gasteiger partial charge on any atom is -0.496 e. The minimum atomic E-state index is -0.893. The molecule has 2 aromatic carbocycles. The van der Waals surface area contributed by atoms with E-state index in [-0.39, 0.29) is 12.0 Å². The van der Waals surface area contributed by atoms with Crippen molar-refractivity contribution >= 4 is 11.9 Å². The van der Waals surface area contributed by atoms with Crippen LogP contribution < -0.4 is 4.74 Å². The Morgan fingerprint density at radius 1 is 1.13 bits per heavy atom. The molecule has 0 unspecified atom stereocenters. The number of carbonyl (C=O) groups is 2. The maximum atomic E-state index is 12.6. The molecule has 4 rings (SSSR count). The molecule has 6 heteroatoms. The molecule has 2 fully saturated rings. The van der Waals surface area contributed by atoms with Crippen LogP contribution in [0.4, 0.5) is 0 Å². The predicted octanol–water partition coefficient (Wildman–Crippen LogP) is 3.36. The third-order valence-electron chi connectivity index (χ3n) is 6.39. The van der Waals surface area contributed by atoms with E-state index < -0.39 is 23.5 Å². The second kappa shape index (κ2) is 8.11. The number of likely N-dealkylation sites (tertiary alicyclic amines) is 1. The van der Waals surface area contributed by atoms with Gasteiger partial charge in [-0.05, 0) is 25.0 Å². The van der Waals surface area contributed by atoms with Gasteiger partial charge in [-0.25, -0.2) is 0 Å². The topological polar surface area (TPSA) is 65.1 Å². The van der Waals surface area contributed by atoms with E-state index >= 15 is 0 Å². The van der Waals surface area contributed by atoms with Crippen molar-refractivity contribution < 1.29 is 23.8 Å². The second-order valence-electron chi connectivity index (χ2n) is 8.23. The fraction of sp³-hybridized carbons (Fsp3) is 0.417. The summed E-state index contributed by atoms with van der Waals surface area (Å²) in [6.07, 6.45) is 0.592. The van der Waals surface area contributed by atoms with Gasteiger partial charge in [0, 0.05) is 30.6 Å². The third-order valence-corrected chi connectivity index (χ3v) is 6.39. The van der Waals surface area contributed by atoms with Crippen LogP contribution in [-0.2, 0) is 25.6 Å². The van der Waals surface area contributed by atoms with Crippen molar-refractivity contribution in [2.45, 2.75) is 31.5 Å². The first-order valence-corrected chi connectivity index (χ1v) is 10.2. The molecule has 0 amide bonds. The van der Waals surface area contributed by atoms with Crippen LogP contribution in [-0.4, -0.2) is 43.2 Å². The number of hydrogen-bond donors (Lipinski definition) is 0. The maximum Gasteiger partial charge on any atom is 0.321 e. The molecule has 4 atom stereocenters. The van der Waals surface area contributed by atoms with E-state index in [2.05, 4.69) is 23.1 Å². The van der Waals surface area contributed by atoms with E-state index in [0.717, 1.165) is 11.3 Å². The molecule has 0 aromatic heterocycles. The summed E-state index contributed by atoms with van der Waals surface area (Å²) in [6.45, 7) is 3.15. The standard InChI is InChI=1S/C24H27NO5/c1-24-15-25(14-16-9-5-4-6-10-16)19(17-11-7-8-12-20(17)28-2)13-18(24)21(22(26)29-3)23(27)30-24/h4-12,18-19,21H,13-15H2,1-3H3/t18-,19+,21-,24-/m1/s1. The fourth-order valence-corrected chi connectivity index (χ4v) is 4.96. The van der Waals surface area contributed by atoms with E-state index in [1.807, 2.05) is 43.3 Å². The number of fused-ring (bicyclic) bond motifs is 1. The lowest BCUT2D eigenvalue weighted by molar-refractivity contribution is -0.157. The van der Waals surface area contributed by atoms with Crippen molar-refractivity contribution in [1.82, 2.24) is 4.90 Å². The Hall–Kier alpha value is -2.86. The summed E-state index contributed by atoms with van der Waals surface area (Å²) in [7, 11) is 2.97. The summed E-state index contributed by atoms with van der Waals surface area (Å²) < 4.78 is 16.3. The van der Waals surface area contributed by atoms with Crippen LogP contribution >= 0.6 is 0 Å². The van der Waals surface area contributed by atoms with Crippen molar-refractivity contribution in [3.63, 3.8) is 0 Å². The van der Waals surface area contributed by atoms with Gasteiger partial charge in [0.05, 0.1) is 14.2 Å². The molecule has 158 valence electrons. The zero-order chi connectivity index (χ0) is 21.3. The van der Waals surface area contributed by atoms with Gasteiger partial charge in [-0.1, -0.05) is 48.5 Å². The monoisotopic (exact) mass is 409 g/mol. The normalized spacial score (nSPS) is 28.5. The Labute approximate surface area is 176 Å². The molecule has 0 spiro atoms. The zero-order valence-corrected chi connectivity index (χ0v) is 17.5. The molecule has 6 nitrogen and oxygen atoms in total. The molecular formula is C24H27NO5. The zero-order valence-electron chi connectivity index (χ0n) is 17.5. The number of nitrogens with zero attached hydrogens (tertiary/aromatic N) is 1. The lowest BCUT2D eigenvalue weighted by atomic mass is 9.72. The SMILES string of the molecule is COC(=O)[C@@H]1C(=O)O[C@]2(C)CN(Cc3ccccc3)[C@H](c3ccccc3OC)C[C@H]12. The number of para-hydroxylation sites is 1. The first-order valence-electron chi connectivity index (χ1n) is 10.2. The molecule has 2 aromatic rings. The summed E-state index contributed by atoms with van der Waals surface area (Å²) >= 11 is 0. The first kappa shape index (κ1) is 20.4. The summed E-state index contributed by atoms with van der Waals surface area (Å²) in [6, 6.07) is 18.1. The first-order chi connectivity index (χ1) is 14.5. The summed E-state index contributed by atoms with van der Waals surface area (Å²) in [5.74, 6) is -1.38. The Morgan fingerprint density at radius 2 is 1.83 bits per heavy atom. The number of benzene rings is 2. The lowest BCUT2D eigenvalue weighted by Crippen LogP contribution is -2.53. The molecule has 0 radical (unpaired) electrons. The van der Waals surface area contributed by atoms with Crippen molar-refractivity contribution in [3.8, 4) is 5.75 Å². The average Bonchev–Trinajstić information content (AvgIpc) is 3.02. The molecule has 30 heavy (non-hydrogen) atoms. The molecule has 0 saturated carbocycles. The van der Waals surface area contributed by atoms with Crippen LogP contribution in [0.5, 0.6) is 5.75 Å². The van der Waals surface area contributed by atoms with E-state index in [9.17, 15) is 9.59 Å². The molecular weight excluding hydrogens is 382 g/mol. The van der Waals surface area contributed by atoms with Gasteiger partial charge in [-0.2, -0.15) is 0 Å². The number of hydrogen-bond acceptors (Lipinski definition) is 6. The number of ether oxygens (including phenoxy) is 3. The summed E-state index contributed by atoms with van der Waals surface area (Å²) in [4.78, 5) is 27.3. The van der Waals surface area contributed by atoms with Crippen LogP contribution in [0.15, 0.2) is 54.6 Å². The third kappa shape index (κ3) is 3.56. The minimum absolute atomic E-state index is 0.0268. The van der Waals surface area contributed by atoms with Gasteiger partial charge in [0.15, 0.2) is 5.92 Å². The fourth-order valence-electron chi connectivity index (χ4n) is 4.96. The van der Waals surface area contributed by atoms with Gasteiger partial charge >= 0.3 is 11.9 Å². The van der Waals surface area contributed by atoms with Crippen LogP contribution in [0, 0.1) is 11.8 Å². The molecule has 0 bridgehead atoms. The number of carbonyl (C=O) groups excluding carboxylic acids is 2. The second-order valence-corrected chi connectivity index (χ2v) is 8.23.